The molecular formula is C16H33LiO2S. The maximum atomic E-state index is 11.8. The van der Waals surface area contributed by atoms with Crippen LogP contribution in [0.3, 0.4) is 0 Å². The molecular weight excluding hydrogens is 263 g/mol. The van der Waals surface area contributed by atoms with E-state index < -0.39 is 14.6 Å². The third-order valence-electron chi connectivity index (χ3n) is 3.50. The van der Waals surface area contributed by atoms with Crippen LogP contribution in [0, 0.1) is 5.75 Å². The van der Waals surface area contributed by atoms with Crippen molar-refractivity contribution in [1.82, 2.24) is 0 Å². The van der Waals surface area contributed by atoms with Gasteiger partial charge in [0.15, 0.2) is 0 Å². The fourth-order valence-electron chi connectivity index (χ4n) is 1.94. The molecule has 0 bridgehead atoms. The van der Waals surface area contributed by atoms with E-state index in [0.717, 1.165) is 12.8 Å². The van der Waals surface area contributed by atoms with Gasteiger partial charge < -0.3 is 0 Å². The molecule has 0 unspecified atom stereocenters. The summed E-state index contributed by atoms with van der Waals surface area (Å²) in [6.07, 6.45) is 12.1. The van der Waals surface area contributed by atoms with Gasteiger partial charge >= 0.3 is 18.9 Å². The van der Waals surface area contributed by atoms with Crippen molar-refractivity contribution >= 4 is 9.84 Å². The minimum absolute atomic E-state index is 0. The SMILES string of the molecule is CCCCCCCCCCC[CH-]S(=O)(=O)C(C)(C)C.[Li+]. The normalized spacial score (nSPS) is 12.2. The van der Waals surface area contributed by atoms with Crippen LogP contribution in [-0.2, 0) is 9.84 Å². The first kappa shape index (κ1) is 22.8. The van der Waals surface area contributed by atoms with Crippen LogP contribution in [0.1, 0.15) is 91.9 Å². The average molecular weight is 296 g/mol. The Kier molecular flexibility index (Phi) is 13.8. The number of sulfone groups is 1. The van der Waals surface area contributed by atoms with Crippen LogP contribution in [0.15, 0.2) is 0 Å². The first-order valence-electron chi connectivity index (χ1n) is 7.89. The second-order valence-corrected chi connectivity index (χ2v) is 9.09. The van der Waals surface area contributed by atoms with Crippen LogP contribution in [0.25, 0.3) is 0 Å². The molecule has 0 amide bonds. The van der Waals surface area contributed by atoms with E-state index >= 15 is 0 Å². The van der Waals surface area contributed by atoms with Gasteiger partial charge in [-0.15, -0.1) is 0 Å². The quantitative estimate of drug-likeness (QED) is 0.333. The molecule has 0 aliphatic rings. The molecule has 0 N–H and O–H groups in total. The fourth-order valence-corrected chi connectivity index (χ4v) is 2.92. The van der Waals surface area contributed by atoms with Gasteiger partial charge in [0.2, 0.25) is 0 Å². The van der Waals surface area contributed by atoms with Gasteiger partial charge in [-0.2, -0.15) is 6.42 Å². The van der Waals surface area contributed by atoms with Crippen molar-refractivity contribution in [3.8, 4) is 0 Å². The molecule has 0 saturated carbocycles. The molecule has 0 aromatic rings. The molecule has 116 valence electrons. The van der Waals surface area contributed by atoms with Crippen LogP contribution in [0.4, 0.5) is 0 Å². The molecule has 0 saturated heterocycles. The van der Waals surface area contributed by atoms with Crippen LogP contribution in [-0.4, -0.2) is 13.2 Å². The molecule has 0 aliphatic carbocycles. The summed E-state index contributed by atoms with van der Waals surface area (Å²) in [4.78, 5) is 0. The molecule has 0 spiro atoms. The molecule has 0 radical (unpaired) electrons. The van der Waals surface area contributed by atoms with Gasteiger partial charge in [-0.05, 0) is 20.8 Å². The second kappa shape index (κ2) is 12.1. The van der Waals surface area contributed by atoms with Crippen molar-refractivity contribution in [3.63, 3.8) is 0 Å². The molecule has 0 fully saturated rings. The zero-order valence-electron chi connectivity index (χ0n) is 14.4. The van der Waals surface area contributed by atoms with E-state index in [4.69, 9.17) is 0 Å². The van der Waals surface area contributed by atoms with Gasteiger partial charge in [0.05, 0.1) is 0 Å². The first-order valence-corrected chi connectivity index (χ1v) is 9.43. The van der Waals surface area contributed by atoms with E-state index in [-0.39, 0.29) is 18.9 Å². The van der Waals surface area contributed by atoms with Crippen LogP contribution in [0.2, 0.25) is 0 Å². The number of unbranched alkanes of at least 4 members (excludes halogenated alkanes) is 9. The molecule has 0 heterocycles. The predicted molar refractivity (Wildman–Crippen MR) is 84.8 cm³/mol. The summed E-state index contributed by atoms with van der Waals surface area (Å²) < 4.78 is 23.0. The van der Waals surface area contributed by atoms with Gasteiger partial charge in [0.1, 0.15) is 0 Å². The van der Waals surface area contributed by atoms with Crippen molar-refractivity contribution in [2.24, 2.45) is 0 Å². The molecule has 4 heteroatoms. The van der Waals surface area contributed by atoms with E-state index in [2.05, 4.69) is 6.92 Å². The Morgan fingerprint density at radius 3 is 1.60 bits per heavy atom. The monoisotopic (exact) mass is 296 g/mol. The topological polar surface area (TPSA) is 34.1 Å². The first-order chi connectivity index (χ1) is 8.81. The Morgan fingerprint density at radius 1 is 0.800 bits per heavy atom. The molecule has 2 nitrogen and oxygen atoms in total. The van der Waals surface area contributed by atoms with Gasteiger partial charge in [-0.1, -0.05) is 64.7 Å². The van der Waals surface area contributed by atoms with E-state index in [1.54, 1.807) is 20.8 Å². The maximum Gasteiger partial charge on any atom is 1.00 e. The van der Waals surface area contributed by atoms with Crippen molar-refractivity contribution in [2.45, 2.75) is 96.7 Å². The van der Waals surface area contributed by atoms with Crippen molar-refractivity contribution < 1.29 is 27.3 Å². The molecule has 0 aromatic heterocycles. The second-order valence-electron chi connectivity index (χ2n) is 6.44. The van der Waals surface area contributed by atoms with Crippen LogP contribution >= 0.6 is 0 Å². The molecule has 20 heavy (non-hydrogen) atoms. The van der Waals surface area contributed by atoms with Gasteiger partial charge in [0, 0.05) is 14.6 Å². The predicted octanol–water partition coefficient (Wildman–Crippen LogP) is 2.29. The summed E-state index contributed by atoms with van der Waals surface area (Å²) in [6.45, 7) is 7.52. The van der Waals surface area contributed by atoms with E-state index in [9.17, 15) is 8.42 Å². The number of rotatable bonds is 11. The minimum Gasteiger partial charge on any atom is -0.262 e. The smallest absolute Gasteiger partial charge is 0.262 e. The van der Waals surface area contributed by atoms with Crippen LogP contribution < -0.4 is 18.9 Å². The molecule has 0 aliphatic heterocycles. The number of hydrogen-bond donors (Lipinski definition) is 0. The Bertz CT molecular complexity index is 305. The zero-order chi connectivity index (χ0) is 14.8. The van der Waals surface area contributed by atoms with Gasteiger partial charge in [0.25, 0.3) is 0 Å². The van der Waals surface area contributed by atoms with E-state index in [1.165, 1.54) is 50.7 Å². The Balaban J connectivity index is 0. The number of hydrogen-bond acceptors (Lipinski definition) is 2. The molecule has 0 aromatic carbocycles. The third-order valence-corrected chi connectivity index (χ3v) is 5.88. The molecule has 0 rings (SSSR count). The summed E-state index contributed by atoms with van der Waals surface area (Å²) >= 11 is 0. The zero-order valence-corrected chi connectivity index (χ0v) is 15.2. The summed E-state index contributed by atoms with van der Waals surface area (Å²) in [7, 11) is -3.03. The maximum absolute atomic E-state index is 11.8. The van der Waals surface area contributed by atoms with Crippen LogP contribution in [0.5, 0.6) is 0 Å². The van der Waals surface area contributed by atoms with Crippen molar-refractivity contribution in [2.75, 3.05) is 0 Å². The summed E-state index contributed by atoms with van der Waals surface area (Å²) in [5.41, 5.74) is 0. The van der Waals surface area contributed by atoms with Gasteiger partial charge in [-0.3, -0.25) is 8.42 Å². The Labute approximate surface area is 139 Å². The Hall–Kier alpha value is 0.547. The van der Waals surface area contributed by atoms with E-state index in [0.29, 0.717) is 6.42 Å². The van der Waals surface area contributed by atoms with Crippen molar-refractivity contribution in [1.29, 1.82) is 0 Å². The summed E-state index contributed by atoms with van der Waals surface area (Å²) in [5, 5.41) is 0. The fraction of sp³-hybridized carbons (Fsp3) is 0.938. The third kappa shape index (κ3) is 11.2. The summed E-state index contributed by atoms with van der Waals surface area (Å²) in [5.74, 6) is 1.52. The molecule has 0 atom stereocenters. The van der Waals surface area contributed by atoms with Crippen molar-refractivity contribution in [3.05, 3.63) is 5.75 Å². The van der Waals surface area contributed by atoms with E-state index in [1.807, 2.05) is 0 Å². The van der Waals surface area contributed by atoms with Gasteiger partial charge in [-0.25, -0.2) is 5.75 Å². The standard InChI is InChI=1S/C16H33O2S.Li/c1-5-6-7-8-9-10-11-12-13-14-15-19(17,18)16(2,3)4;/h15H,5-14H2,1-4H3;/q-1;+1. The average Bonchev–Trinajstić information content (AvgIpc) is 2.30. The minimum atomic E-state index is -3.03. The summed E-state index contributed by atoms with van der Waals surface area (Å²) in [6, 6.07) is 0. The Morgan fingerprint density at radius 2 is 1.20 bits per heavy atom. The largest absolute Gasteiger partial charge is 1.00 e.